The summed E-state index contributed by atoms with van der Waals surface area (Å²) in [7, 11) is 0. The SMILES string of the molecule is CC(C)C(C)C(C)C(C)C1C=CCCC1. The second-order valence-electron chi connectivity index (χ2n) is 5.84. The van der Waals surface area contributed by atoms with Gasteiger partial charge in [0, 0.05) is 0 Å². The molecular formula is C15H28. The molecule has 0 aliphatic heterocycles. The first kappa shape index (κ1) is 12.8. The molecule has 0 saturated heterocycles. The van der Waals surface area contributed by atoms with Gasteiger partial charge in [-0.2, -0.15) is 0 Å². The van der Waals surface area contributed by atoms with Crippen LogP contribution in [0.4, 0.5) is 0 Å². The van der Waals surface area contributed by atoms with Crippen molar-refractivity contribution in [1.82, 2.24) is 0 Å². The first-order valence-electron chi connectivity index (χ1n) is 6.70. The van der Waals surface area contributed by atoms with E-state index in [1.165, 1.54) is 19.3 Å². The summed E-state index contributed by atoms with van der Waals surface area (Å²) < 4.78 is 0. The fraction of sp³-hybridized carbons (Fsp3) is 0.867. The second-order valence-corrected chi connectivity index (χ2v) is 5.84. The lowest BCUT2D eigenvalue weighted by molar-refractivity contribution is 0.180. The first-order valence-corrected chi connectivity index (χ1v) is 6.70. The highest BCUT2D eigenvalue weighted by molar-refractivity contribution is 4.96. The molecule has 1 aliphatic rings. The Morgan fingerprint density at radius 3 is 2.13 bits per heavy atom. The third-order valence-corrected chi connectivity index (χ3v) is 4.68. The van der Waals surface area contributed by atoms with Crippen LogP contribution in [0, 0.1) is 29.6 Å². The Bertz CT molecular complexity index is 202. The maximum absolute atomic E-state index is 2.47. The maximum Gasteiger partial charge on any atom is -0.0205 e. The van der Waals surface area contributed by atoms with Gasteiger partial charge in [0.25, 0.3) is 0 Å². The van der Waals surface area contributed by atoms with Crippen LogP contribution in [-0.2, 0) is 0 Å². The molecule has 0 aromatic rings. The largest absolute Gasteiger partial charge is 0.0882 e. The van der Waals surface area contributed by atoms with Crippen molar-refractivity contribution in [2.45, 2.75) is 53.9 Å². The van der Waals surface area contributed by atoms with Gasteiger partial charge in [-0.25, -0.2) is 0 Å². The standard InChI is InChI=1S/C15H28/c1-11(2)12(3)13(4)14(5)15-9-7-6-8-10-15/h7,9,11-15H,6,8,10H2,1-5H3. The van der Waals surface area contributed by atoms with E-state index in [0.717, 1.165) is 29.6 Å². The number of hydrogen-bond donors (Lipinski definition) is 0. The average Bonchev–Trinajstić information content (AvgIpc) is 2.27. The molecule has 88 valence electrons. The smallest absolute Gasteiger partial charge is 0.0205 e. The first-order chi connectivity index (χ1) is 7.04. The van der Waals surface area contributed by atoms with Gasteiger partial charge in [-0.05, 0) is 48.9 Å². The summed E-state index contributed by atoms with van der Waals surface area (Å²) in [5.41, 5.74) is 0. The van der Waals surface area contributed by atoms with Gasteiger partial charge in [-0.15, -0.1) is 0 Å². The van der Waals surface area contributed by atoms with Crippen LogP contribution in [-0.4, -0.2) is 0 Å². The van der Waals surface area contributed by atoms with Crippen molar-refractivity contribution in [2.75, 3.05) is 0 Å². The molecule has 0 aromatic heterocycles. The van der Waals surface area contributed by atoms with Gasteiger partial charge in [0.1, 0.15) is 0 Å². The molecule has 0 N–H and O–H groups in total. The zero-order chi connectivity index (χ0) is 11.4. The third-order valence-electron chi connectivity index (χ3n) is 4.68. The van der Waals surface area contributed by atoms with Gasteiger partial charge < -0.3 is 0 Å². The van der Waals surface area contributed by atoms with Gasteiger partial charge in [-0.1, -0.05) is 46.8 Å². The summed E-state index contributed by atoms with van der Waals surface area (Å²) in [4.78, 5) is 0. The van der Waals surface area contributed by atoms with E-state index in [0.29, 0.717) is 0 Å². The van der Waals surface area contributed by atoms with E-state index < -0.39 is 0 Å². The normalized spacial score (nSPS) is 27.7. The predicted molar refractivity (Wildman–Crippen MR) is 68.8 cm³/mol. The Kier molecular flexibility index (Phi) is 4.89. The van der Waals surface area contributed by atoms with Gasteiger partial charge in [-0.3, -0.25) is 0 Å². The van der Waals surface area contributed by atoms with Gasteiger partial charge >= 0.3 is 0 Å². The van der Waals surface area contributed by atoms with Crippen molar-refractivity contribution in [3.8, 4) is 0 Å². The minimum Gasteiger partial charge on any atom is -0.0882 e. The van der Waals surface area contributed by atoms with Crippen LogP contribution in [0.2, 0.25) is 0 Å². The molecule has 4 unspecified atom stereocenters. The van der Waals surface area contributed by atoms with E-state index in [1.807, 2.05) is 0 Å². The lowest BCUT2D eigenvalue weighted by Gasteiger charge is -2.34. The van der Waals surface area contributed by atoms with E-state index in [9.17, 15) is 0 Å². The number of hydrogen-bond acceptors (Lipinski definition) is 0. The van der Waals surface area contributed by atoms with E-state index in [1.54, 1.807) is 0 Å². The topological polar surface area (TPSA) is 0 Å². The van der Waals surface area contributed by atoms with Crippen molar-refractivity contribution in [1.29, 1.82) is 0 Å². The summed E-state index contributed by atoms with van der Waals surface area (Å²) in [6.07, 6.45) is 8.97. The van der Waals surface area contributed by atoms with Crippen molar-refractivity contribution in [3.63, 3.8) is 0 Å². The van der Waals surface area contributed by atoms with E-state index in [4.69, 9.17) is 0 Å². The highest BCUT2D eigenvalue weighted by Crippen LogP contribution is 2.35. The van der Waals surface area contributed by atoms with Gasteiger partial charge in [0.2, 0.25) is 0 Å². The molecule has 4 atom stereocenters. The van der Waals surface area contributed by atoms with Crippen LogP contribution >= 0.6 is 0 Å². The molecule has 0 nitrogen and oxygen atoms in total. The molecule has 1 rings (SSSR count). The fourth-order valence-electron chi connectivity index (χ4n) is 2.75. The van der Waals surface area contributed by atoms with E-state index in [2.05, 4.69) is 46.8 Å². The Balaban J connectivity index is 2.54. The van der Waals surface area contributed by atoms with Gasteiger partial charge in [0.05, 0.1) is 0 Å². The predicted octanol–water partition coefficient (Wildman–Crippen LogP) is 4.91. The van der Waals surface area contributed by atoms with Crippen molar-refractivity contribution < 1.29 is 0 Å². The molecule has 0 amide bonds. The van der Waals surface area contributed by atoms with Crippen LogP contribution in [0.3, 0.4) is 0 Å². The van der Waals surface area contributed by atoms with Crippen LogP contribution in [0.5, 0.6) is 0 Å². The summed E-state index contributed by atoms with van der Waals surface area (Å²) in [6, 6.07) is 0. The molecule has 1 aliphatic carbocycles. The van der Waals surface area contributed by atoms with Crippen LogP contribution < -0.4 is 0 Å². The maximum atomic E-state index is 2.47. The summed E-state index contributed by atoms with van der Waals surface area (Å²) in [5.74, 6) is 4.19. The summed E-state index contributed by atoms with van der Waals surface area (Å²) in [5, 5.41) is 0. The molecule has 0 spiro atoms. The lowest BCUT2D eigenvalue weighted by Crippen LogP contribution is -2.26. The van der Waals surface area contributed by atoms with Crippen molar-refractivity contribution in [2.24, 2.45) is 29.6 Å². The number of rotatable bonds is 4. The molecule has 0 bridgehead atoms. The third kappa shape index (κ3) is 3.36. The average molecular weight is 208 g/mol. The monoisotopic (exact) mass is 208 g/mol. The Morgan fingerprint density at radius 1 is 1.00 bits per heavy atom. The van der Waals surface area contributed by atoms with Crippen LogP contribution in [0.1, 0.15) is 53.9 Å². The lowest BCUT2D eigenvalue weighted by atomic mass is 9.72. The summed E-state index contributed by atoms with van der Waals surface area (Å²) >= 11 is 0. The molecule has 0 radical (unpaired) electrons. The second kappa shape index (κ2) is 5.72. The molecule has 0 heteroatoms. The van der Waals surface area contributed by atoms with Crippen molar-refractivity contribution in [3.05, 3.63) is 12.2 Å². The molecule has 15 heavy (non-hydrogen) atoms. The summed E-state index contributed by atoms with van der Waals surface area (Å²) in [6.45, 7) is 12.0. The van der Waals surface area contributed by atoms with E-state index in [-0.39, 0.29) is 0 Å². The minimum absolute atomic E-state index is 0.815. The zero-order valence-electron chi connectivity index (χ0n) is 11.2. The molecule has 0 heterocycles. The van der Waals surface area contributed by atoms with Crippen LogP contribution in [0.15, 0.2) is 12.2 Å². The Morgan fingerprint density at radius 2 is 1.67 bits per heavy atom. The van der Waals surface area contributed by atoms with Crippen LogP contribution in [0.25, 0.3) is 0 Å². The molecule has 0 saturated carbocycles. The fourth-order valence-corrected chi connectivity index (χ4v) is 2.75. The van der Waals surface area contributed by atoms with Crippen molar-refractivity contribution >= 4 is 0 Å². The highest BCUT2D eigenvalue weighted by atomic mass is 14.3. The number of allylic oxidation sites excluding steroid dienone is 2. The zero-order valence-corrected chi connectivity index (χ0v) is 11.2. The molecule has 0 fully saturated rings. The van der Waals surface area contributed by atoms with Gasteiger partial charge in [0.15, 0.2) is 0 Å². The quantitative estimate of drug-likeness (QED) is 0.576. The Hall–Kier alpha value is -0.260. The highest BCUT2D eigenvalue weighted by Gasteiger charge is 2.26. The minimum atomic E-state index is 0.815. The Labute approximate surface area is 96.2 Å². The van der Waals surface area contributed by atoms with E-state index >= 15 is 0 Å². The molecule has 0 aromatic carbocycles. The molecular weight excluding hydrogens is 180 g/mol.